The molecule has 0 unspecified atom stereocenters. The molecule has 0 aliphatic rings. The first-order chi connectivity index (χ1) is 6.27. The first-order valence-electron chi connectivity index (χ1n) is 3.59. The van der Waals surface area contributed by atoms with Crippen molar-refractivity contribution in [2.75, 3.05) is 0 Å². The second-order valence-electron chi connectivity index (χ2n) is 2.34. The van der Waals surface area contributed by atoms with Gasteiger partial charge in [0, 0.05) is 5.02 Å². The Kier molecular flexibility index (Phi) is 3.24. The third-order valence-corrected chi connectivity index (χ3v) is 1.81. The molecule has 0 N–H and O–H groups in total. The summed E-state index contributed by atoms with van der Waals surface area (Å²) in [5, 5.41) is 9.02. The van der Waals surface area contributed by atoms with E-state index in [1.54, 1.807) is 24.3 Å². The molecule has 1 rings (SSSR count). The number of aldehydes is 1. The minimum absolute atomic E-state index is 0.470. The van der Waals surface area contributed by atoms with E-state index >= 15 is 0 Å². The van der Waals surface area contributed by atoms with E-state index in [4.69, 9.17) is 16.9 Å². The summed E-state index contributed by atoms with van der Waals surface area (Å²) in [5.74, 6) is 0. The van der Waals surface area contributed by atoms with Crippen LogP contribution in [0.3, 0.4) is 0 Å². The van der Waals surface area contributed by atoms with Gasteiger partial charge in [-0.15, -0.1) is 0 Å². The van der Waals surface area contributed by atoms with Gasteiger partial charge in [-0.2, -0.15) is 5.26 Å². The van der Waals surface area contributed by atoms with Crippen molar-refractivity contribution in [3.8, 4) is 6.07 Å². The Labute approximate surface area is 81.1 Å². The molecular formula is C10H6ClNO. The van der Waals surface area contributed by atoms with Gasteiger partial charge in [0.15, 0.2) is 0 Å². The molecule has 0 fully saturated rings. The van der Waals surface area contributed by atoms with Gasteiger partial charge < -0.3 is 0 Å². The number of carbonyl (C=O) groups is 1. The van der Waals surface area contributed by atoms with Gasteiger partial charge in [-0.25, -0.2) is 0 Å². The minimum atomic E-state index is 0.470. The van der Waals surface area contributed by atoms with Gasteiger partial charge in [0.1, 0.15) is 6.29 Å². The van der Waals surface area contributed by atoms with Crippen LogP contribution in [0, 0.1) is 11.3 Å². The first-order valence-corrected chi connectivity index (χ1v) is 3.97. The SMILES string of the molecule is N#Cc1ccc(C=CC=O)c(Cl)c1. The third-order valence-electron chi connectivity index (χ3n) is 1.48. The maximum Gasteiger partial charge on any atom is 0.142 e. The molecule has 1 aromatic carbocycles. The molecule has 3 heteroatoms. The average molecular weight is 192 g/mol. The van der Waals surface area contributed by atoms with E-state index in [-0.39, 0.29) is 0 Å². The van der Waals surface area contributed by atoms with E-state index in [0.717, 1.165) is 5.56 Å². The number of halogens is 1. The van der Waals surface area contributed by atoms with Gasteiger partial charge in [-0.05, 0) is 23.8 Å². The monoisotopic (exact) mass is 191 g/mol. The molecule has 0 amide bonds. The van der Waals surface area contributed by atoms with Crippen molar-refractivity contribution in [3.05, 3.63) is 40.4 Å². The average Bonchev–Trinajstić information content (AvgIpc) is 2.16. The molecule has 0 bridgehead atoms. The highest BCUT2D eigenvalue weighted by atomic mass is 35.5. The van der Waals surface area contributed by atoms with Crippen LogP contribution in [0.2, 0.25) is 5.02 Å². The third kappa shape index (κ3) is 2.43. The normalized spacial score (nSPS) is 9.85. The molecule has 0 aliphatic carbocycles. The Morgan fingerprint density at radius 1 is 1.46 bits per heavy atom. The number of benzene rings is 1. The van der Waals surface area contributed by atoms with Gasteiger partial charge in [0.25, 0.3) is 0 Å². The second-order valence-corrected chi connectivity index (χ2v) is 2.75. The first kappa shape index (κ1) is 9.50. The van der Waals surface area contributed by atoms with Crippen molar-refractivity contribution in [1.29, 1.82) is 5.26 Å². The van der Waals surface area contributed by atoms with Crippen molar-refractivity contribution in [3.63, 3.8) is 0 Å². The number of hydrogen-bond acceptors (Lipinski definition) is 2. The van der Waals surface area contributed by atoms with Crippen molar-refractivity contribution in [2.45, 2.75) is 0 Å². The molecule has 2 nitrogen and oxygen atoms in total. The quantitative estimate of drug-likeness (QED) is 0.532. The van der Waals surface area contributed by atoms with Gasteiger partial charge in [-0.1, -0.05) is 23.7 Å². The van der Waals surface area contributed by atoms with Crippen LogP contribution in [0.1, 0.15) is 11.1 Å². The van der Waals surface area contributed by atoms with Crippen LogP contribution in [-0.2, 0) is 4.79 Å². The molecule has 0 heterocycles. The van der Waals surface area contributed by atoms with Gasteiger partial charge >= 0.3 is 0 Å². The second kappa shape index (κ2) is 4.44. The summed E-state index contributed by atoms with van der Waals surface area (Å²) in [6.45, 7) is 0. The molecule has 13 heavy (non-hydrogen) atoms. The van der Waals surface area contributed by atoms with E-state index < -0.39 is 0 Å². The molecule has 0 radical (unpaired) electrons. The van der Waals surface area contributed by atoms with Crippen molar-refractivity contribution < 1.29 is 4.79 Å². The lowest BCUT2D eigenvalue weighted by atomic mass is 10.1. The number of rotatable bonds is 2. The summed E-state index contributed by atoms with van der Waals surface area (Å²) in [6, 6.07) is 6.88. The lowest BCUT2D eigenvalue weighted by Crippen LogP contribution is -1.78. The molecule has 0 saturated heterocycles. The zero-order valence-electron chi connectivity index (χ0n) is 6.70. The molecule has 1 aromatic rings. The van der Waals surface area contributed by atoms with E-state index in [9.17, 15) is 4.79 Å². The summed E-state index contributed by atoms with van der Waals surface area (Å²) in [7, 11) is 0. The predicted octanol–water partition coefficient (Wildman–Crippen LogP) is 2.42. The van der Waals surface area contributed by atoms with E-state index in [1.807, 2.05) is 6.07 Å². The summed E-state index contributed by atoms with van der Waals surface area (Å²) >= 11 is 5.83. The molecule has 0 atom stereocenters. The van der Waals surface area contributed by atoms with Crippen molar-refractivity contribution in [2.24, 2.45) is 0 Å². The van der Waals surface area contributed by atoms with Gasteiger partial charge in [0.2, 0.25) is 0 Å². The van der Waals surface area contributed by atoms with Crippen LogP contribution < -0.4 is 0 Å². The Morgan fingerprint density at radius 2 is 2.23 bits per heavy atom. The molecule has 0 spiro atoms. The fraction of sp³-hybridized carbons (Fsp3) is 0. The Morgan fingerprint density at radius 3 is 2.77 bits per heavy atom. The Balaban J connectivity index is 3.06. The molecule has 0 aromatic heterocycles. The van der Waals surface area contributed by atoms with Gasteiger partial charge in [-0.3, -0.25) is 4.79 Å². The number of allylic oxidation sites excluding steroid dienone is 1. The Bertz CT molecular complexity index is 390. The molecule has 64 valence electrons. The van der Waals surface area contributed by atoms with E-state index in [2.05, 4.69) is 0 Å². The topological polar surface area (TPSA) is 40.9 Å². The number of nitriles is 1. The van der Waals surface area contributed by atoms with Gasteiger partial charge in [0.05, 0.1) is 11.6 Å². The number of hydrogen-bond donors (Lipinski definition) is 0. The van der Waals surface area contributed by atoms with Crippen LogP contribution >= 0.6 is 11.6 Å². The smallest absolute Gasteiger partial charge is 0.142 e. The van der Waals surface area contributed by atoms with Crippen LogP contribution in [0.4, 0.5) is 0 Å². The number of carbonyl (C=O) groups excluding carboxylic acids is 1. The lowest BCUT2D eigenvalue weighted by molar-refractivity contribution is -0.104. The number of nitrogens with zero attached hydrogens (tertiary/aromatic N) is 1. The highest BCUT2D eigenvalue weighted by Gasteiger charge is 1.97. The fourth-order valence-electron chi connectivity index (χ4n) is 0.875. The lowest BCUT2D eigenvalue weighted by Gasteiger charge is -1.96. The highest BCUT2D eigenvalue weighted by molar-refractivity contribution is 6.32. The Hall–Kier alpha value is -1.59. The predicted molar refractivity (Wildman–Crippen MR) is 51.3 cm³/mol. The zero-order valence-corrected chi connectivity index (χ0v) is 7.45. The molecule has 0 saturated carbocycles. The van der Waals surface area contributed by atoms with Crippen LogP contribution in [-0.4, -0.2) is 6.29 Å². The summed E-state index contributed by atoms with van der Waals surface area (Å²) < 4.78 is 0. The van der Waals surface area contributed by atoms with Crippen LogP contribution in [0.15, 0.2) is 24.3 Å². The van der Waals surface area contributed by atoms with Crippen LogP contribution in [0.25, 0.3) is 6.08 Å². The summed E-state index contributed by atoms with van der Waals surface area (Å²) in [5.41, 5.74) is 1.24. The highest BCUT2D eigenvalue weighted by Crippen LogP contribution is 2.18. The molecular weight excluding hydrogens is 186 g/mol. The van der Waals surface area contributed by atoms with Crippen molar-refractivity contribution in [1.82, 2.24) is 0 Å². The maximum absolute atomic E-state index is 10.0. The largest absolute Gasteiger partial charge is 0.299 e. The van der Waals surface area contributed by atoms with E-state index in [1.165, 1.54) is 6.08 Å². The van der Waals surface area contributed by atoms with Crippen LogP contribution in [0.5, 0.6) is 0 Å². The van der Waals surface area contributed by atoms with Crippen molar-refractivity contribution >= 4 is 24.0 Å². The maximum atomic E-state index is 10.0. The summed E-state index contributed by atoms with van der Waals surface area (Å²) in [4.78, 5) is 10.0. The standard InChI is InChI=1S/C10H6ClNO/c11-10-6-8(7-12)3-4-9(10)2-1-5-13/h1-6H. The minimum Gasteiger partial charge on any atom is -0.299 e. The summed E-state index contributed by atoms with van der Waals surface area (Å²) in [6.07, 6.45) is 3.62. The molecule has 0 aliphatic heterocycles. The fourth-order valence-corrected chi connectivity index (χ4v) is 1.12. The van der Waals surface area contributed by atoms with E-state index in [0.29, 0.717) is 16.9 Å². The zero-order chi connectivity index (χ0) is 9.68.